The molecular weight excluding hydrogens is 288 g/mol. The molecule has 1 unspecified atom stereocenters. The zero-order valence-electron chi connectivity index (χ0n) is 13.0. The van der Waals surface area contributed by atoms with Gasteiger partial charge in [0.05, 0.1) is 23.9 Å². The van der Waals surface area contributed by atoms with Gasteiger partial charge in [-0.1, -0.05) is 18.2 Å². The third kappa shape index (κ3) is 2.94. The summed E-state index contributed by atoms with van der Waals surface area (Å²) < 4.78 is 7.73. The first-order chi connectivity index (χ1) is 11.3. The van der Waals surface area contributed by atoms with Gasteiger partial charge in [0.2, 0.25) is 0 Å². The first-order valence-electron chi connectivity index (χ1n) is 8.12. The quantitative estimate of drug-likeness (QED) is 0.788. The highest BCUT2D eigenvalue weighted by atomic mass is 16.5. The molecule has 118 valence electrons. The molecule has 0 bridgehead atoms. The van der Waals surface area contributed by atoms with E-state index in [4.69, 9.17) is 4.74 Å². The van der Waals surface area contributed by atoms with Crippen LogP contribution < -0.4 is 4.74 Å². The summed E-state index contributed by atoms with van der Waals surface area (Å²) in [6.45, 7) is 0.761. The zero-order valence-corrected chi connectivity index (χ0v) is 13.0. The van der Waals surface area contributed by atoms with Crippen molar-refractivity contribution in [2.75, 3.05) is 6.61 Å². The Labute approximate surface area is 135 Å². The maximum absolute atomic E-state index is 10.3. The third-order valence-electron chi connectivity index (χ3n) is 4.45. The highest BCUT2D eigenvalue weighted by Crippen LogP contribution is 2.26. The smallest absolute Gasteiger partial charge is 0.119 e. The number of aryl methyl sites for hydroxylation is 2. The lowest BCUT2D eigenvalue weighted by atomic mass is 10.1. The van der Waals surface area contributed by atoms with Crippen LogP contribution in [0.25, 0.3) is 11.0 Å². The average Bonchev–Trinajstić information content (AvgIpc) is 3.20. The van der Waals surface area contributed by atoms with Crippen molar-refractivity contribution in [2.45, 2.75) is 31.9 Å². The predicted octanol–water partition coefficient (Wildman–Crippen LogP) is 2.96. The van der Waals surface area contributed by atoms with Crippen LogP contribution in [0.2, 0.25) is 0 Å². The van der Waals surface area contributed by atoms with Crippen LogP contribution in [0.1, 0.15) is 17.5 Å². The normalized spacial score (nSPS) is 14.8. The largest absolute Gasteiger partial charge is 0.491 e. The van der Waals surface area contributed by atoms with E-state index in [-0.39, 0.29) is 6.61 Å². The molecule has 1 N–H and O–H groups in total. The standard InChI is InChI=1S/C19H20N2O2/c22-16(11-21-13-20-18-6-1-2-7-19(18)21)12-23-17-9-8-14-4-3-5-15(14)10-17/h1-2,6-10,13,16,22H,3-5,11-12H2. The van der Waals surface area contributed by atoms with Crippen molar-refractivity contribution in [3.63, 3.8) is 0 Å². The van der Waals surface area contributed by atoms with E-state index in [1.807, 2.05) is 34.9 Å². The SMILES string of the molecule is OC(COc1ccc2c(c1)CCC2)Cn1cnc2ccccc21. The summed E-state index contributed by atoms with van der Waals surface area (Å²) in [4.78, 5) is 4.34. The van der Waals surface area contributed by atoms with Crippen LogP contribution in [0.5, 0.6) is 5.75 Å². The summed E-state index contributed by atoms with van der Waals surface area (Å²) in [5, 5.41) is 10.3. The highest BCUT2D eigenvalue weighted by molar-refractivity contribution is 5.74. The van der Waals surface area contributed by atoms with Gasteiger partial charge in [-0.3, -0.25) is 0 Å². The van der Waals surface area contributed by atoms with Crippen molar-refractivity contribution < 1.29 is 9.84 Å². The van der Waals surface area contributed by atoms with Gasteiger partial charge in [-0.2, -0.15) is 0 Å². The van der Waals surface area contributed by atoms with Crippen LogP contribution in [0.3, 0.4) is 0 Å². The lowest BCUT2D eigenvalue weighted by Crippen LogP contribution is -2.23. The van der Waals surface area contributed by atoms with E-state index in [9.17, 15) is 5.11 Å². The molecule has 3 aromatic rings. The van der Waals surface area contributed by atoms with Crippen LogP contribution in [-0.2, 0) is 19.4 Å². The summed E-state index contributed by atoms with van der Waals surface area (Å²) in [7, 11) is 0. The van der Waals surface area contributed by atoms with Gasteiger partial charge in [0.15, 0.2) is 0 Å². The summed E-state index contributed by atoms with van der Waals surface area (Å²) >= 11 is 0. The Balaban J connectivity index is 1.39. The van der Waals surface area contributed by atoms with Gasteiger partial charge in [0.1, 0.15) is 18.5 Å². The van der Waals surface area contributed by atoms with Crippen molar-refractivity contribution in [3.05, 3.63) is 59.9 Å². The van der Waals surface area contributed by atoms with Gasteiger partial charge in [-0.25, -0.2) is 4.98 Å². The van der Waals surface area contributed by atoms with Crippen LogP contribution in [-0.4, -0.2) is 27.4 Å². The van der Waals surface area contributed by atoms with Crippen LogP contribution in [0, 0.1) is 0 Å². The first kappa shape index (κ1) is 14.3. The molecule has 4 nitrogen and oxygen atoms in total. The summed E-state index contributed by atoms with van der Waals surface area (Å²) in [6, 6.07) is 14.2. The molecule has 0 saturated heterocycles. The second kappa shape index (κ2) is 6.05. The molecule has 23 heavy (non-hydrogen) atoms. The molecule has 1 aromatic heterocycles. The van der Waals surface area contributed by atoms with Crippen molar-refractivity contribution in [2.24, 2.45) is 0 Å². The van der Waals surface area contributed by atoms with E-state index in [1.165, 1.54) is 24.0 Å². The Morgan fingerprint density at radius 3 is 2.96 bits per heavy atom. The van der Waals surface area contributed by atoms with E-state index in [1.54, 1.807) is 6.33 Å². The van der Waals surface area contributed by atoms with Crippen LogP contribution >= 0.6 is 0 Å². The van der Waals surface area contributed by atoms with Gasteiger partial charge < -0.3 is 14.4 Å². The second-order valence-corrected chi connectivity index (χ2v) is 6.13. The molecule has 1 aliphatic rings. The zero-order chi connectivity index (χ0) is 15.6. The van der Waals surface area contributed by atoms with Crippen molar-refractivity contribution in [1.82, 2.24) is 9.55 Å². The fourth-order valence-corrected chi connectivity index (χ4v) is 3.27. The Morgan fingerprint density at radius 1 is 1.13 bits per heavy atom. The summed E-state index contributed by atoms with van der Waals surface area (Å²) in [5.74, 6) is 0.847. The topological polar surface area (TPSA) is 47.3 Å². The number of nitrogens with zero attached hydrogens (tertiary/aromatic N) is 2. The number of benzene rings is 2. The molecule has 1 heterocycles. The summed E-state index contributed by atoms with van der Waals surface area (Å²) in [5.41, 5.74) is 4.80. The molecule has 0 radical (unpaired) electrons. The van der Waals surface area contributed by atoms with Crippen LogP contribution in [0.15, 0.2) is 48.8 Å². The van der Waals surface area contributed by atoms with E-state index in [0.29, 0.717) is 6.54 Å². The maximum Gasteiger partial charge on any atom is 0.119 e. The molecule has 0 spiro atoms. The van der Waals surface area contributed by atoms with E-state index >= 15 is 0 Å². The maximum atomic E-state index is 10.3. The number of aromatic nitrogens is 2. The summed E-state index contributed by atoms with van der Waals surface area (Å²) in [6.07, 6.45) is 4.74. The minimum absolute atomic E-state index is 0.283. The molecule has 0 saturated carbocycles. The van der Waals surface area contributed by atoms with Crippen molar-refractivity contribution in [3.8, 4) is 5.75 Å². The monoisotopic (exact) mass is 308 g/mol. The number of hydrogen-bond acceptors (Lipinski definition) is 3. The molecule has 2 aromatic carbocycles. The molecular formula is C19H20N2O2. The fourth-order valence-electron chi connectivity index (χ4n) is 3.27. The lowest BCUT2D eigenvalue weighted by molar-refractivity contribution is 0.0934. The van der Waals surface area contributed by atoms with E-state index in [2.05, 4.69) is 17.1 Å². The Morgan fingerprint density at radius 2 is 2.00 bits per heavy atom. The van der Waals surface area contributed by atoms with Gasteiger partial charge in [-0.15, -0.1) is 0 Å². The first-order valence-corrected chi connectivity index (χ1v) is 8.12. The number of fused-ring (bicyclic) bond motifs is 2. The number of hydrogen-bond donors (Lipinski definition) is 1. The number of para-hydroxylation sites is 2. The van der Waals surface area contributed by atoms with Gasteiger partial charge in [0.25, 0.3) is 0 Å². The number of aliphatic hydroxyl groups excluding tert-OH is 1. The molecule has 0 fully saturated rings. The predicted molar refractivity (Wildman–Crippen MR) is 89.7 cm³/mol. The van der Waals surface area contributed by atoms with Gasteiger partial charge >= 0.3 is 0 Å². The molecule has 1 aliphatic carbocycles. The third-order valence-corrected chi connectivity index (χ3v) is 4.45. The molecule has 0 amide bonds. The van der Waals surface area contributed by atoms with Crippen molar-refractivity contribution >= 4 is 11.0 Å². The minimum Gasteiger partial charge on any atom is -0.491 e. The van der Waals surface area contributed by atoms with E-state index in [0.717, 1.165) is 23.2 Å². The number of aliphatic hydroxyl groups is 1. The fraction of sp³-hybridized carbons (Fsp3) is 0.316. The average molecular weight is 308 g/mol. The highest BCUT2D eigenvalue weighted by Gasteiger charge is 2.13. The minimum atomic E-state index is -0.569. The van der Waals surface area contributed by atoms with Crippen LogP contribution in [0.4, 0.5) is 0 Å². The number of ether oxygens (including phenoxy) is 1. The number of rotatable bonds is 5. The van der Waals surface area contributed by atoms with E-state index < -0.39 is 6.10 Å². The number of imidazole rings is 1. The molecule has 1 atom stereocenters. The molecule has 4 heteroatoms. The Kier molecular flexibility index (Phi) is 3.75. The van der Waals surface area contributed by atoms with Crippen molar-refractivity contribution in [1.29, 1.82) is 0 Å². The van der Waals surface area contributed by atoms with Gasteiger partial charge in [0, 0.05) is 0 Å². The molecule has 4 rings (SSSR count). The second-order valence-electron chi connectivity index (χ2n) is 6.13. The Hall–Kier alpha value is -2.33. The van der Waals surface area contributed by atoms with Gasteiger partial charge in [-0.05, 0) is 54.7 Å². The Bertz CT molecular complexity index is 825. The lowest BCUT2D eigenvalue weighted by Gasteiger charge is -2.14. The molecule has 0 aliphatic heterocycles.